The molecule has 2 fully saturated rings. The van der Waals surface area contributed by atoms with Gasteiger partial charge in [-0.05, 0) is 19.3 Å². The minimum atomic E-state index is -3.06. The van der Waals surface area contributed by atoms with Crippen LogP contribution in [0, 0.1) is 5.92 Å². The molecule has 2 aliphatic rings. The van der Waals surface area contributed by atoms with Crippen LogP contribution < -0.4 is 0 Å². The Balaban J connectivity index is 2.02. The number of carboxylic acid groups (broad SMARTS) is 1. The molecule has 1 saturated carbocycles. The highest BCUT2D eigenvalue weighted by Crippen LogP contribution is 2.35. The summed E-state index contributed by atoms with van der Waals surface area (Å²) >= 11 is 0. The molecule has 2 unspecified atom stereocenters. The summed E-state index contributed by atoms with van der Waals surface area (Å²) in [7, 11) is -3.06. The highest BCUT2D eigenvalue weighted by Gasteiger charge is 2.36. The molecule has 18 heavy (non-hydrogen) atoms. The summed E-state index contributed by atoms with van der Waals surface area (Å²) in [5.41, 5.74) is 0. The number of aliphatic carboxylic acids is 1. The van der Waals surface area contributed by atoms with Gasteiger partial charge in [0.25, 0.3) is 0 Å². The molecule has 6 heteroatoms. The van der Waals surface area contributed by atoms with Gasteiger partial charge in [-0.1, -0.05) is 12.8 Å². The summed E-state index contributed by atoms with van der Waals surface area (Å²) in [5, 5.41) is 8.91. The molecule has 1 saturated heterocycles. The Kier molecular flexibility index (Phi) is 3.96. The summed E-state index contributed by atoms with van der Waals surface area (Å²) in [5.74, 6) is 0.0108. The fraction of sp³-hybridized carbons (Fsp3) is 0.917. The topological polar surface area (TPSA) is 74.7 Å². The van der Waals surface area contributed by atoms with Crippen molar-refractivity contribution >= 4 is 15.8 Å². The van der Waals surface area contributed by atoms with E-state index in [1.165, 1.54) is 12.8 Å². The van der Waals surface area contributed by atoms with E-state index in [1.807, 2.05) is 0 Å². The molecule has 0 amide bonds. The van der Waals surface area contributed by atoms with E-state index in [9.17, 15) is 13.2 Å². The molecular formula is C12H21NO4S. The van der Waals surface area contributed by atoms with Crippen LogP contribution in [-0.4, -0.2) is 54.5 Å². The predicted molar refractivity (Wildman–Crippen MR) is 68.2 cm³/mol. The maximum absolute atomic E-state index is 11.6. The molecule has 1 heterocycles. The van der Waals surface area contributed by atoms with Crippen molar-refractivity contribution in [1.82, 2.24) is 4.90 Å². The normalized spacial score (nSPS) is 29.9. The van der Waals surface area contributed by atoms with Crippen LogP contribution >= 0.6 is 0 Å². The second kappa shape index (κ2) is 5.17. The first-order valence-corrected chi connectivity index (χ1v) is 8.37. The van der Waals surface area contributed by atoms with Crippen molar-refractivity contribution in [2.75, 3.05) is 18.1 Å². The van der Waals surface area contributed by atoms with Crippen molar-refractivity contribution in [3.05, 3.63) is 0 Å². The van der Waals surface area contributed by atoms with Crippen LogP contribution in [0.5, 0.6) is 0 Å². The van der Waals surface area contributed by atoms with Gasteiger partial charge in [-0.3, -0.25) is 9.69 Å². The molecule has 104 valence electrons. The van der Waals surface area contributed by atoms with Gasteiger partial charge in [-0.25, -0.2) is 8.42 Å². The average molecular weight is 275 g/mol. The Morgan fingerprint density at radius 2 is 2.11 bits per heavy atom. The molecular weight excluding hydrogens is 254 g/mol. The number of rotatable bonds is 5. The van der Waals surface area contributed by atoms with Crippen molar-refractivity contribution in [2.45, 2.75) is 44.7 Å². The molecule has 0 aromatic heterocycles. The van der Waals surface area contributed by atoms with Crippen molar-refractivity contribution in [3.8, 4) is 0 Å². The van der Waals surface area contributed by atoms with E-state index in [1.54, 1.807) is 0 Å². The monoisotopic (exact) mass is 275 g/mol. The summed E-state index contributed by atoms with van der Waals surface area (Å²) in [4.78, 5) is 13.0. The van der Waals surface area contributed by atoms with Gasteiger partial charge >= 0.3 is 5.97 Å². The average Bonchev–Trinajstić information content (AvgIpc) is 2.98. The van der Waals surface area contributed by atoms with E-state index in [0.717, 1.165) is 12.3 Å². The Hall–Kier alpha value is -0.620. The lowest BCUT2D eigenvalue weighted by Gasteiger charge is -2.39. The molecule has 0 bridgehead atoms. The van der Waals surface area contributed by atoms with Crippen LogP contribution in [0.15, 0.2) is 0 Å². The second-order valence-corrected chi connectivity index (χ2v) is 7.86. The van der Waals surface area contributed by atoms with E-state index in [2.05, 4.69) is 11.8 Å². The molecule has 5 nitrogen and oxygen atoms in total. The first kappa shape index (κ1) is 13.8. The molecule has 0 aromatic rings. The number of hydrogen-bond donors (Lipinski definition) is 1. The smallest absolute Gasteiger partial charge is 0.304 e. The second-order valence-electron chi connectivity index (χ2n) is 5.63. The SMILES string of the molecule is CC(CC1CC1)N1CCS(=O)(=O)CC1CC(=O)O. The quantitative estimate of drug-likeness (QED) is 0.801. The zero-order valence-corrected chi connectivity index (χ0v) is 11.5. The lowest BCUT2D eigenvalue weighted by molar-refractivity contribution is -0.138. The Morgan fingerprint density at radius 3 is 2.67 bits per heavy atom. The van der Waals surface area contributed by atoms with Gasteiger partial charge in [0.15, 0.2) is 9.84 Å². The van der Waals surface area contributed by atoms with Crippen molar-refractivity contribution in [3.63, 3.8) is 0 Å². The highest BCUT2D eigenvalue weighted by atomic mass is 32.2. The number of nitrogens with zero attached hydrogens (tertiary/aromatic N) is 1. The van der Waals surface area contributed by atoms with Crippen molar-refractivity contribution in [1.29, 1.82) is 0 Å². The zero-order valence-electron chi connectivity index (χ0n) is 10.7. The van der Waals surface area contributed by atoms with Gasteiger partial charge in [0.2, 0.25) is 0 Å². The van der Waals surface area contributed by atoms with Gasteiger partial charge in [0, 0.05) is 18.6 Å². The van der Waals surface area contributed by atoms with Crippen LogP contribution in [0.2, 0.25) is 0 Å². The molecule has 2 atom stereocenters. The number of hydrogen-bond acceptors (Lipinski definition) is 4. The first-order valence-electron chi connectivity index (χ1n) is 6.55. The largest absolute Gasteiger partial charge is 0.481 e. The third-order valence-electron chi connectivity index (χ3n) is 3.92. The number of carbonyl (C=O) groups is 1. The molecule has 1 N–H and O–H groups in total. The molecule has 0 spiro atoms. The summed E-state index contributed by atoms with van der Waals surface area (Å²) in [6.45, 7) is 2.57. The maximum atomic E-state index is 11.6. The Labute approximate surface area is 108 Å². The van der Waals surface area contributed by atoms with Crippen LogP contribution in [-0.2, 0) is 14.6 Å². The third kappa shape index (κ3) is 3.68. The van der Waals surface area contributed by atoms with E-state index in [4.69, 9.17) is 5.11 Å². The van der Waals surface area contributed by atoms with Gasteiger partial charge in [-0.15, -0.1) is 0 Å². The van der Waals surface area contributed by atoms with Gasteiger partial charge in [-0.2, -0.15) is 0 Å². The van der Waals surface area contributed by atoms with Crippen LogP contribution in [0.1, 0.15) is 32.6 Å². The Bertz CT molecular complexity index is 416. The van der Waals surface area contributed by atoms with E-state index in [0.29, 0.717) is 6.54 Å². The van der Waals surface area contributed by atoms with Crippen molar-refractivity contribution < 1.29 is 18.3 Å². The van der Waals surface area contributed by atoms with Crippen molar-refractivity contribution in [2.24, 2.45) is 5.92 Å². The first-order chi connectivity index (χ1) is 8.37. The van der Waals surface area contributed by atoms with E-state index >= 15 is 0 Å². The van der Waals surface area contributed by atoms with Gasteiger partial charge < -0.3 is 5.11 Å². The van der Waals surface area contributed by atoms with Crippen LogP contribution in [0.4, 0.5) is 0 Å². The lowest BCUT2D eigenvalue weighted by Crippen LogP contribution is -2.53. The Morgan fingerprint density at radius 1 is 1.44 bits per heavy atom. The van der Waals surface area contributed by atoms with Crippen LogP contribution in [0.25, 0.3) is 0 Å². The fourth-order valence-electron chi connectivity index (χ4n) is 2.83. The molecule has 1 aliphatic carbocycles. The number of sulfone groups is 1. The minimum absolute atomic E-state index is 0.00565. The third-order valence-corrected chi connectivity index (χ3v) is 5.62. The fourth-order valence-corrected chi connectivity index (χ4v) is 4.38. The van der Waals surface area contributed by atoms with Gasteiger partial charge in [0.05, 0.1) is 17.9 Å². The van der Waals surface area contributed by atoms with Gasteiger partial charge in [0.1, 0.15) is 0 Å². The predicted octanol–water partition coefficient (Wildman–Crippen LogP) is 0.749. The maximum Gasteiger partial charge on any atom is 0.304 e. The lowest BCUT2D eigenvalue weighted by atomic mass is 10.1. The van der Waals surface area contributed by atoms with E-state index < -0.39 is 15.8 Å². The molecule has 2 rings (SSSR count). The minimum Gasteiger partial charge on any atom is -0.481 e. The summed E-state index contributed by atoms with van der Waals surface area (Å²) < 4.78 is 23.3. The standard InChI is InChI=1S/C12H21NO4S/c1-9(6-10-2-3-10)13-4-5-18(16,17)8-11(13)7-12(14)15/h9-11H,2-8H2,1H3,(H,14,15). The summed E-state index contributed by atoms with van der Waals surface area (Å²) in [6.07, 6.45) is 3.52. The molecule has 0 radical (unpaired) electrons. The molecule has 0 aromatic carbocycles. The van der Waals surface area contributed by atoms with Crippen LogP contribution in [0.3, 0.4) is 0 Å². The molecule has 1 aliphatic heterocycles. The number of carboxylic acids is 1. The zero-order chi connectivity index (χ0) is 13.3. The highest BCUT2D eigenvalue weighted by molar-refractivity contribution is 7.91. The summed E-state index contributed by atoms with van der Waals surface area (Å²) in [6, 6.07) is -0.0626. The van der Waals surface area contributed by atoms with E-state index in [-0.39, 0.29) is 30.0 Å².